The number of carbonyl (C=O) groups excluding carboxylic acids is 1. The zero-order valence-electron chi connectivity index (χ0n) is 11.8. The maximum Gasteiger partial charge on any atom is 0.410 e. The number of nitrogens with zero attached hydrogens (tertiary/aromatic N) is 1. The molecular formula is C16H23NO2. The maximum atomic E-state index is 12.2. The van der Waals surface area contributed by atoms with E-state index in [2.05, 4.69) is 13.8 Å². The van der Waals surface area contributed by atoms with Crippen molar-refractivity contribution in [2.45, 2.75) is 58.2 Å². The molecule has 0 N–H and O–H groups in total. The van der Waals surface area contributed by atoms with Crippen LogP contribution in [0.5, 0.6) is 0 Å². The van der Waals surface area contributed by atoms with Crippen LogP contribution in [0.3, 0.4) is 0 Å². The predicted octanol–water partition coefficient (Wildman–Crippen LogP) is 3.98. The van der Waals surface area contributed by atoms with Crippen LogP contribution < -0.4 is 0 Å². The van der Waals surface area contributed by atoms with E-state index in [0.29, 0.717) is 18.7 Å². The molecule has 3 nitrogen and oxygen atoms in total. The van der Waals surface area contributed by atoms with Crippen molar-refractivity contribution in [1.29, 1.82) is 0 Å². The normalized spacial score (nSPS) is 22.5. The minimum absolute atomic E-state index is 0.160. The highest BCUT2D eigenvalue weighted by atomic mass is 16.6. The lowest BCUT2D eigenvalue weighted by Crippen LogP contribution is -2.40. The van der Waals surface area contributed by atoms with Crippen molar-refractivity contribution in [1.82, 2.24) is 4.90 Å². The second-order valence-electron chi connectivity index (χ2n) is 5.32. The summed E-state index contributed by atoms with van der Waals surface area (Å²) in [5, 5.41) is 0. The largest absolute Gasteiger partial charge is 0.445 e. The van der Waals surface area contributed by atoms with Crippen LogP contribution in [0.25, 0.3) is 0 Å². The zero-order valence-corrected chi connectivity index (χ0v) is 11.8. The first-order valence-electron chi connectivity index (χ1n) is 7.21. The highest BCUT2D eigenvalue weighted by Crippen LogP contribution is 2.27. The van der Waals surface area contributed by atoms with Crippen LogP contribution in [0.15, 0.2) is 30.3 Å². The van der Waals surface area contributed by atoms with Crippen molar-refractivity contribution in [3.05, 3.63) is 35.9 Å². The quantitative estimate of drug-likeness (QED) is 0.820. The van der Waals surface area contributed by atoms with Crippen molar-refractivity contribution in [3.8, 4) is 0 Å². The fourth-order valence-corrected chi connectivity index (χ4v) is 2.81. The molecule has 0 spiro atoms. The van der Waals surface area contributed by atoms with Crippen molar-refractivity contribution < 1.29 is 9.53 Å². The van der Waals surface area contributed by atoms with Gasteiger partial charge in [0.05, 0.1) is 0 Å². The third-order valence-corrected chi connectivity index (χ3v) is 3.82. The number of rotatable bonds is 4. The second-order valence-corrected chi connectivity index (χ2v) is 5.32. The molecule has 0 aliphatic carbocycles. The van der Waals surface area contributed by atoms with E-state index in [1.807, 2.05) is 35.2 Å². The van der Waals surface area contributed by atoms with Gasteiger partial charge in [-0.05, 0) is 31.7 Å². The van der Waals surface area contributed by atoms with Gasteiger partial charge in [-0.1, -0.05) is 43.7 Å². The maximum absolute atomic E-state index is 12.2. The average Bonchev–Trinajstić information content (AvgIpc) is 2.79. The number of likely N-dealkylation sites (tertiary alicyclic amines) is 1. The first-order valence-corrected chi connectivity index (χ1v) is 7.21. The average molecular weight is 261 g/mol. The lowest BCUT2D eigenvalue weighted by molar-refractivity contribution is 0.0792. The minimum Gasteiger partial charge on any atom is -0.445 e. The lowest BCUT2D eigenvalue weighted by atomic mass is 10.1. The number of ether oxygens (including phenoxy) is 1. The molecule has 0 radical (unpaired) electrons. The van der Waals surface area contributed by atoms with Gasteiger partial charge in [0.2, 0.25) is 0 Å². The van der Waals surface area contributed by atoms with Gasteiger partial charge in [0.1, 0.15) is 6.61 Å². The third kappa shape index (κ3) is 3.49. The van der Waals surface area contributed by atoms with Gasteiger partial charge in [-0.25, -0.2) is 4.79 Å². The molecule has 1 aromatic rings. The molecule has 3 heteroatoms. The van der Waals surface area contributed by atoms with Gasteiger partial charge in [0, 0.05) is 12.1 Å². The molecule has 1 saturated heterocycles. The van der Waals surface area contributed by atoms with E-state index >= 15 is 0 Å². The van der Waals surface area contributed by atoms with Gasteiger partial charge in [0.15, 0.2) is 0 Å². The Bertz CT molecular complexity index is 402. The molecule has 104 valence electrons. The fraction of sp³-hybridized carbons (Fsp3) is 0.562. The molecule has 1 fully saturated rings. The van der Waals surface area contributed by atoms with Gasteiger partial charge in [-0.15, -0.1) is 0 Å². The van der Waals surface area contributed by atoms with Gasteiger partial charge < -0.3 is 9.64 Å². The van der Waals surface area contributed by atoms with Crippen LogP contribution in [0.2, 0.25) is 0 Å². The number of carbonyl (C=O) groups is 1. The van der Waals surface area contributed by atoms with E-state index in [4.69, 9.17) is 4.74 Å². The highest BCUT2D eigenvalue weighted by Gasteiger charge is 2.34. The lowest BCUT2D eigenvalue weighted by Gasteiger charge is -2.27. The summed E-state index contributed by atoms with van der Waals surface area (Å²) in [6.45, 7) is 4.64. The van der Waals surface area contributed by atoms with Crippen LogP contribution in [0, 0.1) is 0 Å². The molecule has 1 amide bonds. The Morgan fingerprint density at radius 3 is 2.74 bits per heavy atom. The number of benzene rings is 1. The Balaban J connectivity index is 1.91. The van der Waals surface area contributed by atoms with Crippen LogP contribution in [-0.2, 0) is 11.3 Å². The Morgan fingerprint density at radius 2 is 2.05 bits per heavy atom. The summed E-state index contributed by atoms with van der Waals surface area (Å²) in [7, 11) is 0. The van der Waals surface area contributed by atoms with E-state index in [1.165, 1.54) is 0 Å². The Labute approximate surface area is 115 Å². The minimum atomic E-state index is -0.160. The van der Waals surface area contributed by atoms with E-state index in [0.717, 1.165) is 31.2 Å². The topological polar surface area (TPSA) is 29.5 Å². The second kappa shape index (κ2) is 6.60. The van der Waals surface area contributed by atoms with Crippen LogP contribution >= 0.6 is 0 Å². The summed E-state index contributed by atoms with van der Waals surface area (Å²) in [5.41, 5.74) is 1.04. The molecule has 1 unspecified atom stereocenters. The van der Waals surface area contributed by atoms with Crippen LogP contribution in [-0.4, -0.2) is 23.1 Å². The summed E-state index contributed by atoms with van der Waals surface area (Å²) < 4.78 is 5.45. The van der Waals surface area contributed by atoms with Gasteiger partial charge >= 0.3 is 6.09 Å². The van der Waals surface area contributed by atoms with Crippen LogP contribution in [0.4, 0.5) is 4.79 Å². The zero-order chi connectivity index (χ0) is 13.7. The summed E-state index contributed by atoms with van der Waals surface area (Å²) in [4.78, 5) is 14.2. The standard InChI is InChI=1S/C16H23NO2/c1-3-7-15-11-10-13(2)17(15)16(18)19-12-14-8-5-4-6-9-14/h4-6,8-9,13,15H,3,7,10-12H2,1-2H3/t13?,15-/m0/s1. The molecule has 19 heavy (non-hydrogen) atoms. The third-order valence-electron chi connectivity index (χ3n) is 3.82. The number of amides is 1. The Morgan fingerprint density at radius 1 is 1.32 bits per heavy atom. The van der Waals surface area contributed by atoms with Gasteiger partial charge in [0.25, 0.3) is 0 Å². The van der Waals surface area contributed by atoms with Crippen molar-refractivity contribution in [2.75, 3.05) is 0 Å². The van der Waals surface area contributed by atoms with Crippen LogP contribution in [0.1, 0.15) is 45.1 Å². The van der Waals surface area contributed by atoms with Crippen molar-refractivity contribution in [2.24, 2.45) is 0 Å². The van der Waals surface area contributed by atoms with Crippen molar-refractivity contribution in [3.63, 3.8) is 0 Å². The molecule has 0 aromatic heterocycles. The molecule has 1 aromatic carbocycles. The molecule has 2 atom stereocenters. The first-order chi connectivity index (χ1) is 9.22. The number of hydrogen-bond donors (Lipinski definition) is 0. The summed E-state index contributed by atoms with van der Waals surface area (Å²) in [5.74, 6) is 0. The molecule has 0 bridgehead atoms. The van der Waals surface area contributed by atoms with E-state index in [-0.39, 0.29) is 6.09 Å². The van der Waals surface area contributed by atoms with E-state index < -0.39 is 0 Å². The summed E-state index contributed by atoms with van der Waals surface area (Å²) in [6.07, 6.45) is 4.22. The monoisotopic (exact) mass is 261 g/mol. The molecule has 1 aliphatic heterocycles. The van der Waals surface area contributed by atoms with Gasteiger partial charge in [-0.2, -0.15) is 0 Å². The predicted molar refractivity (Wildman–Crippen MR) is 75.9 cm³/mol. The molecule has 2 rings (SSSR count). The SMILES string of the molecule is CCC[C@H]1CCC(C)N1C(=O)OCc1ccccc1. The molecule has 1 aliphatic rings. The highest BCUT2D eigenvalue weighted by molar-refractivity contribution is 5.69. The van der Waals surface area contributed by atoms with E-state index in [9.17, 15) is 4.79 Å². The smallest absolute Gasteiger partial charge is 0.410 e. The Kier molecular flexibility index (Phi) is 4.83. The van der Waals surface area contributed by atoms with Gasteiger partial charge in [-0.3, -0.25) is 0 Å². The molecule has 1 heterocycles. The first kappa shape index (κ1) is 13.9. The molecule has 0 saturated carbocycles. The summed E-state index contributed by atoms with van der Waals surface area (Å²) in [6, 6.07) is 10.5. The Hall–Kier alpha value is -1.51. The number of hydrogen-bond acceptors (Lipinski definition) is 2. The summed E-state index contributed by atoms with van der Waals surface area (Å²) >= 11 is 0. The fourth-order valence-electron chi connectivity index (χ4n) is 2.81. The van der Waals surface area contributed by atoms with Crippen molar-refractivity contribution >= 4 is 6.09 Å². The molecular weight excluding hydrogens is 238 g/mol. The van der Waals surface area contributed by atoms with E-state index in [1.54, 1.807) is 0 Å².